The maximum atomic E-state index is 13.4. The van der Waals surface area contributed by atoms with Crippen LogP contribution in [0.4, 0.5) is 20.7 Å². The fourth-order valence-corrected chi connectivity index (χ4v) is 7.21. The van der Waals surface area contributed by atoms with Crippen molar-refractivity contribution in [3.63, 3.8) is 0 Å². The third-order valence-electron chi connectivity index (χ3n) is 7.82. The monoisotopic (exact) mass is 637 g/mol. The lowest BCUT2D eigenvalue weighted by Gasteiger charge is -2.31. The number of nitrogens with zero attached hydrogens (tertiary/aromatic N) is 3. The van der Waals surface area contributed by atoms with Gasteiger partial charge in [0, 0.05) is 30.3 Å². The third-order valence-corrected chi connectivity index (χ3v) is 10.2. The van der Waals surface area contributed by atoms with Crippen molar-refractivity contribution in [2.75, 3.05) is 23.7 Å². The molecule has 1 fully saturated rings. The van der Waals surface area contributed by atoms with Crippen LogP contribution in [-0.2, 0) is 21.9 Å². The van der Waals surface area contributed by atoms with Gasteiger partial charge >= 0.3 is 6.03 Å². The Labute approximate surface area is 263 Å². The van der Waals surface area contributed by atoms with E-state index in [4.69, 9.17) is 16.7 Å². The lowest BCUT2D eigenvalue weighted by Crippen LogP contribution is -2.39. The summed E-state index contributed by atoms with van der Waals surface area (Å²) in [5, 5.41) is 10.5. The van der Waals surface area contributed by atoms with Crippen LogP contribution in [0.15, 0.2) is 77.7 Å². The molecule has 0 saturated carbocycles. The molecule has 0 atom stereocenters. The van der Waals surface area contributed by atoms with Crippen molar-refractivity contribution in [3.05, 3.63) is 100 Å². The third kappa shape index (κ3) is 7.31. The average molecular weight is 638 g/mol. The van der Waals surface area contributed by atoms with E-state index in [1.54, 1.807) is 4.68 Å². The summed E-state index contributed by atoms with van der Waals surface area (Å²) in [6, 6.07) is 20.5. The molecule has 0 spiro atoms. The Hall–Kier alpha value is -3.73. The van der Waals surface area contributed by atoms with Gasteiger partial charge in [-0.15, -0.1) is 0 Å². The lowest BCUT2D eigenvalue weighted by molar-refractivity contribution is 0.262. The van der Waals surface area contributed by atoms with Gasteiger partial charge in [-0.2, -0.15) is 9.40 Å². The van der Waals surface area contributed by atoms with Crippen LogP contribution in [0.1, 0.15) is 50.4 Å². The number of urea groups is 1. The van der Waals surface area contributed by atoms with Gasteiger partial charge in [0.15, 0.2) is 0 Å². The van der Waals surface area contributed by atoms with Gasteiger partial charge in [0.1, 0.15) is 16.5 Å². The standard InChI is InChI=1S/C33H37ClFN5O3S/c1-22-5-12-27(13-6-22)40-31(21-30(38-40)33(2,3)4)37-32(41)36-26-10-7-23(8-11-26)19-24-15-17-39(18-16-24)44(42,43)29-14-9-25(35)20-28(29)34/h5-14,20-21,24H,15-19H2,1-4H3,(H2,36,37,41). The molecule has 0 aliphatic carbocycles. The van der Waals surface area contributed by atoms with Gasteiger partial charge in [-0.1, -0.05) is 62.2 Å². The fraction of sp³-hybridized carbons (Fsp3) is 0.333. The normalized spacial score (nSPS) is 14.9. The first kappa shape index (κ1) is 31.7. The Morgan fingerprint density at radius 3 is 2.25 bits per heavy atom. The van der Waals surface area contributed by atoms with E-state index in [1.165, 1.54) is 10.4 Å². The van der Waals surface area contributed by atoms with E-state index in [0.717, 1.165) is 41.1 Å². The van der Waals surface area contributed by atoms with Crippen LogP contribution >= 0.6 is 11.6 Å². The molecule has 2 amide bonds. The van der Waals surface area contributed by atoms with Crippen LogP contribution in [0.5, 0.6) is 0 Å². The quantitative estimate of drug-likeness (QED) is 0.219. The van der Waals surface area contributed by atoms with E-state index < -0.39 is 15.8 Å². The summed E-state index contributed by atoms with van der Waals surface area (Å²) < 4.78 is 42.7. The molecule has 2 heterocycles. The number of nitrogens with one attached hydrogen (secondary N) is 2. The number of amides is 2. The molecule has 3 aromatic carbocycles. The molecular weight excluding hydrogens is 601 g/mol. The van der Waals surface area contributed by atoms with Gasteiger partial charge < -0.3 is 5.32 Å². The maximum absolute atomic E-state index is 13.4. The zero-order chi connectivity index (χ0) is 31.6. The maximum Gasteiger partial charge on any atom is 0.324 e. The van der Waals surface area contributed by atoms with Crippen LogP contribution in [0.2, 0.25) is 5.02 Å². The highest BCUT2D eigenvalue weighted by Crippen LogP contribution is 2.30. The van der Waals surface area contributed by atoms with Gasteiger partial charge in [-0.25, -0.2) is 22.3 Å². The van der Waals surface area contributed by atoms with E-state index in [2.05, 4.69) is 31.4 Å². The van der Waals surface area contributed by atoms with Crippen LogP contribution in [0, 0.1) is 18.7 Å². The minimum absolute atomic E-state index is 0.0691. The van der Waals surface area contributed by atoms with Gasteiger partial charge in [0.25, 0.3) is 0 Å². The lowest BCUT2D eigenvalue weighted by atomic mass is 9.91. The molecule has 5 rings (SSSR count). The smallest absolute Gasteiger partial charge is 0.308 e. The SMILES string of the molecule is Cc1ccc(-n2nc(C(C)(C)C)cc2NC(=O)Nc2ccc(CC3CCN(S(=O)(=O)c4ccc(F)cc4Cl)CC3)cc2)cc1. The minimum atomic E-state index is -3.79. The molecule has 0 unspecified atom stereocenters. The summed E-state index contributed by atoms with van der Waals surface area (Å²) in [6.45, 7) is 9.00. The number of anilines is 2. The highest BCUT2D eigenvalue weighted by Gasteiger charge is 2.31. The van der Waals surface area contributed by atoms with Crippen molar-refractivity contribution in [3.8, 4) is 5.69 Å². The molecule has 4 aromatic rings. The largest absolute Gasteiger partial charge is 0.324 e. The number of aryl methyl sites for hydroxylation is 1. The fourth-order valence-electron chi connectivity index (χ4n) is 5.23. The number of carbonyl (C=O) groups excluding carboxylic acids is 1. The number of hydrogen-bond acceptors (Lipinski definition) is 4. The number of sulfonamides is 1. The Balaban J connectivity index is 1.18. The number of halogens is 2. The first-order valence-corrected chi connectivity index (χ1v) is 16.4. The molecular formula is C33H37ClFN5O3S. The molecule has 44 heavy (non-hydrogen) atoms. The Bertz CT molecular complexity index is 1740. The van der Waals surface area contributed by atoms with Crippen molar-refractivity contribution < 1.29 is 17.6 Å². The van der Waals surface area contributed by atoms with Crippen LogP contribution in [0.3, 0.4) is 0 Å². The Morgan fingerprint density at radius 1 is 0.977 bits per heavy atom. The first-order chi connectivity index (χ1) is 20.8. The molecule has 232 valence electrons. The summed E-state index contributed by atoms with van der Waals surface area (Å²) in [5.74, 6) is 0.309. The molecule has 0 radical (unpaired) electrons. The van der Waals surface area contributed by atoms with Crippen molar-refractivity contribution >= 4 is 39.2 Å². The Morgan fingerprint density at radius 2 is 1.64 bits per heavy atom. The molecule has 11 heteroatoms. The van der Waals surface area contributed by atoms with Crippen LogP contribution < -0.4 is 10.6 Å². The predicted molar refractivity (Wildman–Crippen MR) is 173 cm³/mol. The number of rotatable bonds is 7. The van der Waals surface area contributed by atoms with E-state index in [-0.39, 0.29) is 21.4 Å². The number of piperidine rings is 1. The summed E-state index contributed by atoms with van der Waals surface area (Å²) in [5.41, 5.74) is 4.42. The average Bonchev–Trinajstić information content (AvgIpc) is 3.39. The minimum Gasteiger partial charge on any atom is -0.308 e. The van der Waals surface area contributed by atoms with Crippen LogP contribution in [-0.4, -0.2) is 41.6 Å². The number of benzene rings is 3. The van der Waals surface area contributed by atoms with Crippen molar-refractivity contribution in [1.29, 1.82) is 0 Å². The van der Waals surface area contributed by atoms with Gasteiger partial charge in [0.2, 0.25) is 10.0 Å². The van der Waals surface area contributed by atoms with Crippen molar-refractivity contribution in [2.24, 2.45) is 5.92 Å². The predicted octanol–water partition coefficient (Wildman–Crippen LogP) is 7.56. The molecule has 2 N–H and O–H groups in total. The second-order valence-corrected chi connectivity index (χ2v) is 14.6. The highest BCUT2D eigenvalue weighted by molar-refractivity contribution is 7.89. The zero-order valence-corrected chi connectivity index (χ0v) is 26.8. The number of hydrogen-bond donors (Lipinski definition) is 2. The van der Waals surface area contributed by atoms with Gasteiger partial charge in [-0.3, -0.25) is 5.32 Å². The molecule has 0 bridgehead atoms. The second kappa shape index (κ2) is 12.7. The summed E-state index contributed by atoms with van der Waals surface area (Å²) in [4.78, 5) is 12.9. The van der Waals surface area contributed by atoms with Crippen molar-refractivity contribution in [1.82, 2.24) is 14.1 Å². The molecule has 8 nitrogen and oxygen atoms in total. The molecule has 1 saturated heterocycles. The van der Waals surface area contributed by atoms with Crippen LogP contribution in [0.25, 0.3) is 5.69 Å². The van der Waals surface area contributed by atoms with E-state index in [0.29, 0.717) is 43.4 Å². The Kier molecular flexibility index (Phi) is 9.15. The molecule has 1 aromatic heterocycles. The second-order valence-electron chi connectivity index (χ2n) is 12.3. The van der Waals surface area contributed by atoms with Gasteiger partial charge in [-0.05, 0) is 80.1 Å². The zero-order valence-electron chi connectivity index (χ0n) is 25.3. The van der Waals surface area contributed by atoms with Gasteiger partial charge in [0.05, 0.1) is 16.4 Å². The summed E-state index contributed by atoms with van der Waals surface area (Å²) >= 11 is 6.03. The van der Waals surface area contributed by atoms with E-state index in [9.17, 15) is 17.6 Å². The summed E-state index contributed by atoms with van der Waals surface area (Å²) in [7, 11) is -3.79. The topological polar surface area (TPSA) is 96.3 Å². The first-order valence-electron chi connectivity index (χ1n) is 14.6. The van der Waals surface area contributed by atoms with E-state index >= 15 is 0 Å². The highest BCUT2D eigenvalue weighted by atomic mass is 35.5. The van der Waals surface area contributed by atoms with E-state index in [1.807, 2.05) is 61.5 Å². The van der Waals surface area contributed by atoms with Crippen molar-refractivity contribution in [2.45, 2.75) is 57.3 Å². The number of carbonyl (C=O) groups is 1. The number of aromatic nitrogens is 2. The molecule has 1 aliphatic rings. The molecule has 1 aliphatic heterocycles. The summed E-state index contributed by atoms with van der Waals surface area (Å²) in [6.07, 6.45) is 2.19.